The summed E-state index contributed by atoms with van der Waals surface area (Å²) in [7, 11) is 1.23. The van der Waals surface area contributed by atoms with Gasteiger partial charge in [0, 0.05) is 12.1 Å². The van der Waals surface area contributed by atoms with Gasteiger partial charge >= 0.3 is 0 Å². The number of carbonyl (C=O) groups excluding carboxylic acids is 1. The lowest BCUT2D eigenvalue weighted by atomic mass is 10.0. The molecule has 0 spiro atoms. The van der Waals surface area contributed by atoms with Crippen LogP contribution < -0.4 is 15.8 Å². The van der Waals surface area contributed by atoms with Gasteiger partial charge in [0.05, 0.1) is 18.8 Å². The molecule has 4 nitrogen and oxygen atoms in total. The molecule has 0 bridgehead atoms. The first-order valence-corrected chi connectivity index (χ1v) is 5.94. The van der Waals surface area contributed by atoms with Crippen LogP contribution >= 0.6 is 0 Å². The molecule has 0 aliphatic carbocycles. The Morgan fingerprint density at radius 1 is 1.37 bits per heavy atom. The Labute approximate surface area is 110 Å². The number of methoxy groups -OCH3 is 1. The van der Waals surface area contributed by atoms with Crippen LogP contribution in [0.5, 0.6) is 5.75 Å². The number of carbonyl (C=O) groups is 1. The Balaban J connectivity index is 2.82. The Kier molecular flexibility index (Phi) is 5.23. The fourth-order valence-electron chi connectivity index (χ4n) is 1.62. The second kappa shape index (κ2) is 6.47. The molecule has 1 aromatic carbocycles. The average Bonchev–Trinajstić information content (AvgIpc) is 2.32. The predicted molar refractivity (Wildman–Crippen MR) is 69.0 cm³/mol. The summed E-state index contributed by atoms with van der Waals surface area (Å²) < 4.78 is 31.7. The second-order valence-electron chi connectivity index (χ2n) is 4.69. The minimum atomic E-state index is -0.775. The lowest BCUT2D eigenvalue weighted by Crippen LogP contribution is -2.36. The molecule has 0 aromatic heterocycles. The first-order chi connectivity index (χ1) is 8.85. The molecule has 0 saturated carbocycles. The van der Waals surface area contributed by atoms with E-state index in [1.54, 1.807) is 0 Å². The molecule has 0 radical (unpaired) electrons. The highest BCUT2D eigenvalue weighted by Crippen LogP contribution is 2.24. The van der Waals surface area contributed by atoms with E-state index in [1.165, 1.54) is 7.11 Å². The molecular weight excluding hydrogens is 254 g/mol. The highest BCUT2D eigenvalue weighted by molar-refractivity contribution is 5.94. The number of ether oxygens (including phenoxy) is 1. The third kappa shape index (κ3) is 4.17. The van der Waals surface area contributed by atoms with Crippen molar-refractivity contribution in [3.63, 3.8) is 0 Å². The van der Waals surface area contributed by atoms with Gasteiger partial charge in [-0.25, -0.2) is 8.78 Å². The quantitative estimate of drug-likeness (QED) is 0.864. The van der Waals surface area contributed by atoms with Gasteiger partial charge in [0.2, 0.25) is 5.91 Å². The summed E-state index contributed by atoms with van der Waals surface area (Å²) in [6.07, 6.45) is 0.464. The van der Waals surface area contributed by atoms with Crippen LogP contribution in [0.15, 0.2) is 12.1 Å². The number of benzene rings is 1. The number of halogens is 2. The fourth-order valence-corrected chi connectivity index (χ4v) is 1.62. The molecule has 0 heterocycles. The van der Waals surface area contributed by atoms with Crippen molar-refractivity contribution in [1.82, 2.24) is 0 Å². The zero-order chi connectivity index (χ0) is 14.6. The molecule has 1 atom stereocenters. The lowest BCUT2D eigenvalue weighted by molar-refractivity contribution is -0.117. The van der Waals surface area contributed by atoms with Crippen molar-refractivity contribution in [2.24, 2.45) is 11.7 Å². The van der Waals surface area contributed by atoms with Crippen molar-refractivity contribution in [2.75, 3.05) is 12.4 Å². The van der Waals surface area contributed by atoms with Crippen LogP contribution in [0.4, 0.5) is 14.5 Å². The van der Waals surface area contributed by atoms with Crippen molar-refractivity contribution in [1.29, 1.82) is 0 Å². The first kappa shape index (κ1) is 15.4. The molecule has 1 amide bonds. The van der Waals surface area contributed by atoms with Crippen LogP contribution in [0.2, 0.25) is 0 Å². The maximum absolute atomic E-state index is 13.6. The van der Waals surface area contributed by atoms with Crippen LogP contribution in [0.3, 0.4) is 0 Å². The van der Waals surface area contributed by atoms with Crippen LogP contribution in [0, 0.1) is 17.6 Å². The molecular formula is C13H18F2N2O2. The summed E-state index contributed by atoms with van der Waals surface area (Å²) in [5, 5.41) is 2.27. The van der Waals surface area contributed by atoms with E-state index in [1.807, 2.05) is 13.8 Å². The van der Waals surface area contributed by atoms with E-state index in [4.69, 9.17) is 5.73 Å². The van der Waals surface area contributed by atoms with E-state index in [2.05, 4.69) is 10.1 Å². The van der Waals surface area contributed by atoms with Gasteiger partial charge in [-0.2, -0.15) is 0 Å². The van der Waals surface area contributed by atoms with Crippen LogP contribution in [0.1, 0.15) is 20.3 Å². The van der Waals surface area contributed by atoms with E-state index >= 15 is 0 Å². The zero-order valence-electron chi connectivity index (χ0n) is 11.2. The molecule has 0 unspecified atom stereocenters. The first-order valence-electron chi connectivity index (χ1n) is 5.94. The SMILES string of the molecule is COc1cc(F)c(NC(=O)[C@@H](N)CC(C)C)cc1F. The molecule has 1 aromatic rings. The van der Waals surface area contributed by atoms with E-state index in [-0.39, 0.29) is 17.4 Å². The predicted octanol–water partition coefficient (Wildman–Crippen LogP) is 2.29. The van der Waals surface area contributed by atoms with Gasteiger partial charge in [-0.3, -0.25) is 4.79 Å². The van der Waals surface area contributed by atoms with Gasteiger partial charge in [0.1, 0.15) is 0 Å². The molecule has 6 heteroatoms. The summed E-state index contributed by atoms with van der Waals surface area (Å²) in [4.78, 5) is 11.7. The Morgan fingerprint density at radius 2 is 2.00 bits per heavy atom. The average molecular weight is 272 g/mol. The standard InChI is InChI=1S/C13H18F2N2O2/c1-7(2)4-10(16)13(18)17-11-5-9(15)12(19-3)6-8(11)14/h5-7,10H,4,16H2,1-3H3,(H,17,18)/t10-/m0/s1. The molecule has 0 aliphatic heterocycles. The van der Waals surface area contributed by atoms with Gasteiger partial charge in [-0.15, -0.1) is 0 Å². The maximum atomic E-state index is 13.6. The molecule has 1 rings (SSSR count). The minimum absolute atomic E-state index is 0.220. The van der Waals surface area contributed by atoms with Gasteiger partial charge < -0.3 is 15.8 Å². The van der Waals surface area contributed by atoms with Gasteiger partial charge in [-0.05, 0) is 12.3 Å². The third-order valence-electron chi connectivity index (χ3n) is 2.56. The second-order valence-corrected chi connectivity index (χ2v) is 4.69. The number of amides is 1. The summed E-state index contributed by atoms with van der Waals surface area (Å²) in [6, 6.07) is 0.983. The largest absolute Gasteiger partial charge is 0.494 e. The third-order valence-corrected chi connectivity index (χ3v) is 2.56. The summed E-state index contributed by atoms with van der Waals surface area (Å²) >= 11 is 0. The van der Waals surface area contributed by atoms with Crippen molar-refractivity contribution in [2.45, 2.75) is 26.3 Å². The monoisotopic (exact) mass is 272 g/mol. The van der Waals surface area contributed by atoms with Gasteiger partial charge in [0.15, 0.2) is 17.4 Å². The number of nitrogens with one attached hydrogen (secondary N) is 1. The molecule has 3 N–H and O–H groups in total. The number of hydrogen-bond acceptors (Lipinski definition) is 3. The summed E-state index contributed by atoms with van der Waals surface area (Å²) in [6.45, 7) is 3.83. The number of anilines is 1. The molecule has 0 aliphatic rings. The van der Waals surface area contributed by atoms with Gasteiger partial charge in [0.25, 0.3) is 0 Å². The highest BCUT2D eigenvalue weighted by atomic mass is 19.1. The van der Waals surface area contributed by atoms with Crippen LogP contribution in [-0.2, 0) is 4.79 Å². The van der Waals surface area contributed by atoms with Crippen molar-refractivity contribution in [3.05, 3.63) is 23.8 Å². The van der Waals surface area contributed by atoms with Crippen molar-refractivity contribution >= 4 is 11.6 Å². The van der Waals surface area contributed by atoms with Crippen LogP contribution in [0.25, 0.3) is 0 Å². The normalized spacial score (nSPS) is 12.4. The Hall–Kier alpha value is -1.69. The van der Waals surface area contributed by atoms with E-state index < -0.39 is 23.6 Å². The maximum Gasteiger partial charge on any atom is 0.241 e. The molecule has 106 valence electrons. The molecule has 19 heavy (non-hydrogen) atoms. The minimum Gasteiger partial charge on any atom is -0.494 e. The lowest BCUT2D eigenvalue weighted by Gasteiger charge is -2.15. The summed E-state index contributed by atoms with van der Waals surface area (Å²) in [5.41, 5.74) is 5.41. The van der Waals surface area contributed by atoms with E-state index in [9.17, 15) is 13.6 Å². The topological polar surface area (TPSA) is 64.3 Å². The summed E-state index contributed by atoms with van der Waals surface area (Å²) in [5.74, 6) is -2.06. The highest BCUT2D eigenvalue weighted by Gasteiger charge is 2.18. The van der Waals surface area contributed by atoms with Crippen molar-refractivity contribution < 1.29 is 18.3 Å². The smallest absolute Gasteiger partial charge is 0.241 e. The number of hydrogen-bond donors (Lipinski definition) is 2. The zero-order valence-corrected chi connectivity index (χ0v) is 11.2. The van der Waals surface area contributed by atoms with Crippen molar-refractivity contribution in [3.8, 4) is 5.75 Å². The van der Waals surface area contributed by atoms with E-state index in [0.717, 1.165) is 12.1 Å². The molecule has 0 fully saturated rings. The Morgan fingerprint density at radius 3 is 2.53 bits per heavy atom. The van der Waals surface area contributed by atoms with E-state index in [0.29, 0.717) is 6.42 Å². The fraction of sp³-hybridized carbons (Fsp3) is 0.462. The number of rotatable bonds is 5. The number of nitrogens with two attached hydrogens (primary N) is 1. The van der Waals surface area contributed by atoms with Gasteiger partial charge in [-0.1, -0.05) is 13.8 Å². The van der Waals surface area contributed by atoms with Crippen LogP contribution in [-0.4, -0.2) is 19.1 Å². The Bertz CT molecular complexity index is 464. The molecule has 0 saturated heterocycles.